The summed E-state index contributed by atoms with van der Waals surface area (Å²) in [6.07, 6.45) is 1.58. The van der Waals surface area contributed by atoms with Crippen LogP contribution in [0.3, 0.4) is 0 Å². The molecule has 1 aromatic carbocycles. The average Bonchev–Trinajstić information content (AvgIpc) is 2.76. The van der Waals surface area contributed by atoms with Gasteiger partial charge in [-0.05, 0) is 44.4 Å². The standard InChI is InChI=1S/C15H23NO3S/c1-3-19-14-8-6-13(7-9-14)12(2)16-11-15-5-4-10-20(15,17)18/h6-9,12,15-16H,3-5,10-11H2,1-2H3. The van der Waals surface area contributed by atoms with Crippen molar-refractivity contribution in [1.82, 2.24) is 5.32 Å². The molecule has 20 heavy (non-hydrogen) atoms. The molecule has 2 rings (SSSR count). The zero-order chi connectivity index (χ0) is 14.6. The van der Waals surface area contributed by atoms with Gasteiger partial charge in [0.05, 0.1) is 17.6 Å². The number of sulfone groups is 1. The summed E-state index contributed by atoms with van der Waals surface area (Å²) in [5.41, 5.74) is 1.14. The highest BCUT2D eigenvalue weighted by molar-refractivity contribution is 7.92. The summed E-state index contributed by atoms with van der Waals surface area (Å²) in [5.74, 6) is 1.21. The molecule has 1 heterocycles. The number of hydrogen-bond acceptors (Lipinski definition) is 4. The highest BCUT2D eigenvalue weighted by Gasteiger charge is 2.31. The van der Waals surface area contributed by atoms with Gasteiger partial charge < -0.3 is 10.1 Å². The molecule has 1 saturated heterocycles. The van der Waals surface area contributed by atoms with Gasteiger partial charge in [-0.3, -0.25) is 0 Å². The zero-order valence-electron chi connectivity index (χ0n) is 12.1. The third-order valence-corrected chi connectivity index (χ3v) is 6.08. The van der Waals surface area contributed by atoms with E-state index in [0.29, 0.717) is 18.9 Å². The van der Waals surface area contributed by atoms with Crippen molar-refractivity contribution in [1.29, 1.82) is 0 Å². The van der Waals surface area contributed by atoms with Gasteiger partial charge >= 0.3 is 0 Å². The molecule has 0 bridgehead atoms. The summed E-state index contributed by atoms with van der Waals surface area (Å²) in [6.45, 7) is 5.21. The SMILES string of the molecule is CCOc1ccc(C(C)NCC2CCCS2(=O)=O)cc1. The van der Waals surface area contributed by atoms with Crippen LogP contribution in [0.4, 0.5) is 0 Å². The number of rotatable bonds is 6. The van der Waals surface area contributed by atoms with Crippen molar-refractivity contribution in [3.05, 3.63) is 29.8 Å². The first-order chi connectivity index (χ1) is 9.53. The van der Waals surface area contributed by atoms with E-state index in [2.05, 4.69) is 12.2 Å². The molecule has 1 fully saturated rings. The molecule has 0 aromatic heterocycles. The van der Waals surface area contributed by atoms with Crippen LogP contribution in [0.15, 0.2) is 24.3 Å². The van der Waals surface area contributed by atoms with Crippen molar-refractivity contribution in [3.8, 4) is 5.75 Å². The molecule has 1 aromatic rings. The molecule has 1 aliphatic rings. The highest BCUT2D eigenvalue weighted by Crippen LogP contribution is 2.21. The van der Waals surface area contributed by atoms with Crippen molar-refractivity contribution < 1.29 is 13.2 Å². The lowest BCUT2D eigenvalue weighted by Gasteiger charge is -2.17. The largest absolute Gasteiger partial charge is 0.494 e. The van der Waals surface area contributed by atoms with Crippen LogP contribution in [-0.4, -0.2) is 32.6 Å². The van der Waals surface area contributed by atoms with Gasteiger partial charge in [0.15, 0.2) is 9.84 Å². The normalized spacial score (nSPS) is 22.6. The Morgan fingerprint density at radius 2 is 2.05 bits per heavy atom. The summed E-state index contributed by atoms with van der Waals surface area (Å²) in [7, 11) is -2.86. The molecule has 0 spiro atoms. The van der Waals surface area contributed by atoms with E-state index >= 15 is 0 Å². The second-order valence-corrected chi connectivity index (χ2v) is 7.66. The minimum atomic E-state index is -2.86. The van der Waals surface area contributed by atoms with E-state index in [4.69, 9.17) is 4.74 Å². The van der Waals surface area contributed by atoms with Crippen LogP contribution < -0.4 is 10.1 Å². The van der Waals surface area contributed by atoms with Gasteiger partial charge in [-0.25, -0.2) is 8.42 Å². The van der Waals surface area contributed by atoms with Gasteiger partial charge in [0, 0.05) is 12.6 Å². The van der Waals surface area contributed by atoms with Crippen LogP contribution in [0.1, 0.15) is 38.3 Å². The highest BCUT2D eigenvalue weighted by atomic mass is 32.2. The van der Waals surface area contributed by atoms with Crippen molar-refractivity contribution in [2.45, 2.75) is 38.0 Å². The first kappa shape index (κ1) is 15.3. The molecule has 0 aliphatic carbocycles. The molecule has 1 aliphatic heterocycles. The van der Waals surface area contributed by atoms with Crippen LogP contribution in [0.5, 0.6) is 5.75 Å². The second-order valence-electron chi connectivity index (χ2n) is 5.26. The van der Waals surface area contributed by atoms with E-state index < -0.39 is 9.84 Å². The Balaban J connectivity index is 1.90. The molecule has 112 valence electrons. The van der Waals surface area contributed by atoms with Crippen molar-refractivity contribution in [2.24, 2.45) is 0 Å². The maximum absolute atomic E-state index is 11.8. The van der Waals surface area contributed by atoms with Gasteiger partial charge in [0.1, 0.15) is 5.75 Å². The van der Waals surface area contributed by atoms with Crippen LogP contribution in [-0.2, 0) is 9.84 Å². The van der Waals surface area contributed by atoms with Gasteiger partial charge in [-0.15, -0.1) is 0 Å². The first-order valence-electron chi connectivity index (χ1n) is 7.20. The number of benzene rings is 1. The summed E-state index contributed by atoms with van der Waals surface area (Å²) in [5, 5.41) is 3.11. The predicted octanol–water partition coefficient (Wildman–Crippen LogP) is 2.31. The molecule has 1 N–H and O–H groups in total. The number of hydrogen-bond donors (Lipinski definition) is 1. The Morgan fingerprint density at radius 3 is 2.60 bits per heavy atom. The van der Waals surface area contributed by atoms with E-state index in [9.17, 15) is 8.42 Å². The Bertz CT molecular complexity index is 525. The van der Waals surface area contributed by atoms with Gasteiger partial charge in [-0.1, -0.05) is 12.1 Å². The average molecular weight is 297 g/mol. The van der Waals surface area contributed by atoms with E-state index in [1.165, 1.54) is 0 Å². The smallest absolute Gasteiger partial charge is 0.154 e. The molecular formula is C15H23NO3S. The summed E-state index contributed by atoms with van der Waals surface area (Å²) in [6, 6.07) is 8.08. The fourth-order valence-corrected chi connectivity index (χ4v) is 4.31. The Hall–Kier alpha value is -1.07. The first-order valence-corrected chi connectivity index (χ1v) is 8.92. The third kappa shape index (κ3) is 3.73. The number of ether oxygens (including phenoxy) is 1. The summed E-state index contributed by atoms with van der Waals surface area (Å²) >= 11 is 0. The molecular weight excluding hydrogens is 274 g/mol. The maximum Gasteiger partial charge on any atom is 0.154 e. The molecule has 0 radical (unpaired) electrons. The van der Waals surface area contributed by atoms with Crippen LogP contribution >= 0.6 is 0 Å². The zero-order valence-corrected chi connectivity index (χ0v) is 12.9. The monoisotopic (exact) mass is 297 g/mol. The van der Waals surface area contributed by atoms with Gasteiger partial charge in [0.25, 0.3) is 0 Å². The van der Waals surface area contributed by atoms with E-state index in [-0.39, 0.29) is 11.3 Å². The van der Waals surface area contributed by atoms with Crippen LogP contribution in [0, 0.1) is 0 Å². The molecule has 4 nitrogen and oxygen atoms in total. The summed E-state index contributed by atoms with van der Waals surface area (Å²) < 4.78 is 29.0. The molecule has 2 unspecified atom stereocenters. The van der Waals surface area contributed by atoms with Crippen LogP contribution in [0.25, 0.3) is 0 Å². The van der Waals surface area contributed by atoms with E-state index in [1.54, 1.807) is 0 Å². The van der Waals surface area contributed by atoms with E-state index in [1.807, 2.05) is 31.2 Å². The fraction of sp³-hybridized carbons (Fsp3) is 0.600. The molecule has 2 atom stereocenters. The predicted molar refractivity (Wildman–Crippen MR) is 80.8 cm³/mol. The van der Waals surface area contributed by atoms with E-state index in [0.717, 1.165) is 24.2 Å². The molecule has 0 amide bonds. The molecule has 0 saturated carbocycles. The van der Waals surface area contributed by atoms with Crippen molar-refractivity contribution in [3.63, 3.8) is 0 Å². The minimum Gasteiger partial charge on any atom is -0.494 e. The van der Waals surface area contributed by atoms with Gasteiger partial charge in [-0.2, -0.15) is 0 Å². The van der Waals surface area contributed by atoms with Gasteiger partial charge in [0.2, 0.25) is 0 Å². The van der Waals surface area contributed by atoms with Crippen molar-refractivity contribution in [2.75, 3.05) is 18.9 Å². The summed E-state index contributed by atoms with van der Waals surface area (Å²) in [4.78, 5) is 0. The lowest BCUT2D eigenvalue weighted by molar-refractivity contribution is 0.340. The minimum absolute atomic E-state index is 0.140. The Morgan fingerprint density at radius 1 is 1.35 bits per heavy atom. The third-order valence-electron chi connectivity index (χ3n) is 3.81. The molecule has 5 heteroatoms. The fourth-order valence-electron chi connectivity index (χ4n) is 2.53. The number of nitrogens with one attached hydrogen (secondary N) is 1. The lowest BCUT2D eigenvalue weighted by atomic mass is 10.1. The Kier molecular flexibility index (Phi) is 5.05. The topological polar surface area (TPSA) is 55.4 Å². The van der Waals surface area contributed by atoms with Crippen molar-refractivity contribution >= 4 is 9.84 Å². The van der Waals surface area contributed by atoms with Crippen LogP contribution in [0.2, 0.25) is 0 Å². The maximum atomic E-state index is 11.8. The lowest BCUT2D eigenvalue weighted by Crippen LogP contribution is -2.32. The Labute approximate surface area is 121 Å². The quantitative estimate of drug-likeness (QED) is 0.875. The second kappa shape index (κ2) is 6.59.